The minimum absolute atomic E-state index is 0.178. The number of nitrogens with one attached hydrogen (secondary N) is 1. The maximum atomic E-state index is 11.6. The summed E-state index contributed by atoms with van der Waals surface area (Å²) < 4.78 is 0. The summed E-state index contributed by atoms with van der Waals surface area (Å²) in [5.41, 5.74) is 5.54. The van der Waals surface area contributed by atoms with E-state index in [-0.39, 0.29) is 11.9 Å². The first-order valence-electron chi connectivity index (χ1n) is 7.67. The summed E-state index contributed by atoms with van der Waals surface area (Å²) in [6, 6.07) is 1.58. The van der Waals surface area contributed by atoms with Gasteiger partial charge in [0, 0.05) is 37.8 Å². The first-order chi connectivity index (χ1) is 9.13. The zero-order valence-electron chi connectivity index (χ0n) is 11.8. The first-order valence-corrected chi connectivity index (χ1v) is 7.67. The van der Waals surface area contributed by atoms with E-state index in [1.54, 1.807) is 0 Å². The van der Waals surface area contributed by atoms with Crippen LogP contribution in [0.5, 0.6) is 0 Å². The van der Waals surface area contributed by atoms with Gasteiger partial charge in [-0.15, -0.1) is 0 Å². The summed E-state index contributed by atoms with van der Waals surface area (Å²) in [6.07, 6.45) is 5.01. The lowest BCUT2D eigenvalue weighted by Gasteiger charge is -2.43. The monoisotopic (exact) mass is 266 g/mol. The Hall–Kier alpha value is -0.650. The minimum atomic E-state index is -0.201. The van der Waals surface area contributed by atoms with Crippen molar-refractivity contribution in [3.63, 3.8) is 0 Å². The fourth-order valence-electron chi connectivity index (χ4n) is 3.50. The molecule has 0 spiro atoms. The summed E-state index contributed by atoms with van der Waals surface area (Å²) in [7, 11) is 0. The lowest BCUT2D eigenvalue weighted by atomic mass is 10.1. The molecule has 108 valence electrons. The van der Waals surface area contributed by atoms with Gasteiger partial charge >= 0.3 is 0 Å². The van der Waals surface area contributed by atoms with Crippen molar-refractivity contribution in [2.45, 2.75) is 56.8 Å². The van der Waals surface area contributed by atoms with E-state index in [1.165, 1.54) is 32.2 Å². The Balaban J connectivity index is 1.58. The van der Waals surface area contributed by atoms with Crippen LogP contribution in [0.3, 0.4) is 0 Å². The van der Waals surface area contributed by atoms with Crippen molar-refractivity contribution >= 4 is 5.91 Å². The summed E-state index contributed by atoms with van der Waals surface area (Å²) in [4.78, 5) is 16.7. The van der Waals surface area contributed by atoms with Crippen LogP contribution in [0.15, 0.2) is 0 Å². The second kappa shape index (κ2) is 5.38. The second-order valence-electron chi connectivity index (χ2n) is 6.49. The number of hydrogen-bond acceptors (Lipinski definition) is 4. The molecular weight excluding hydrogens is 240 g/mol. The maximum absolute atomic E-state index is 11.6. The Morgan fingerprint density at radius 1 is 1.37 bits per heavy atom. The number of fused-ring (bicyclic) bond motifs is 1. The average Bonchev–Trinajstić information content (AvgIpc) is 3.06. The Morgan fingerprint density at radius 3 is 2.84 bits per heavy atom. The molecule has 2 heterocycles. The zero-order valence-corrected chi connectivity index (χ0v) is 11.8. The lowest BCUT2D eigenvalue weighted by molar-refractivity contribution is -0.121. The lowest BCUT2D eigenvalue weighted by Crippen LogP contribution is -2.59. The van der Waals surface area contributed by atoms with Crippen LogP contribution in [0.1, 0.15) is 32.6 Å². The number of primary amides is 1. The SMILES string of the molecule is CC1CN2CCCC2CN1CC(NC1CC1)C(N)=O. The number of carbonyl (C=O) groups is 1. The van der Waals surface area contributed by atoms with E-state index >= 15 is 0 Å². The molecule has 0 aromatic carbocycles. The molecule has 0 aromatic rings. The van der Waals surface area contributed by atoms with Crippen LogP contribution in [0.4, 0.5) is 0 Å². The van der Waals surface area contributed by atoms with Gasteiger partial charge in [-0.25, -0.2) is 0 Å². The number of carbonyl (C=O) groups excluding carboxylic acids is 1. The molecule has 3 N–H and O–H groups in total. The molecule has 2 aliphatic heterocycles. The topological polar surface area (TPSA) is 61.6 Å². The van der Waals surface area contributed by atoms with Gasteiger partial charge in [0.1, 0.15) is 0 Å². The molecule has 1 saturated carbocycles. The molecule has 5 heteroatoms. The second-order valence-corrected chi connectivity index (χ2v) is 6.49. The van der Waals surface area contributed by atoms with Crippen molar-refractivity contribution < 1.29 is 4.79 Å². The van der Waals surface area contributed by atoms with E-state index in [9.17, 15) is 4.79 Å². The Bertz CT molecular complexity index is 344. The van der Waals surface area contributed by atoms with Gasteiger partial charge in [-0.1, -0.05) is 0 Å². The van der Waals surface area contributed by atoms with E-state index in [4.69, 9.17) is 5.73 Å². The van der Waals surface area contributed by atoms with Crippen LogP contribution in [-0.4, -0.2) is 66.1 Å². The van der Waals surface area contributed by atoms with Crippen LogP contribution in [-0.2, 0) is 4.79 Å². The third-order valence-corrected chi connectivity index (χ3v) is 4.84. The highest BCUT2D eigenvalue weighted by Crippen LogP contribution is 2.25. The zero-order chi connectivity index (χ0) is 13.4. The van der Waals surface area contributed by atoms with E-state index in [0.29, 0.717) is 18.1 Å². The van der Waals surface area contributed by atoms with Crippen molar-refractivity contribution in [1.82, 2.24) is 15.1 Å². The summed E-state index contributed by atoms with van der Waals surface area (Å²) in [6.45, 7) is 6.53. The molecule has 0 radical (unpaired) electrons. The highest BCUT2D eigenvalue weighted by Gasteiger charge is 2.36. The van der Waals surface area contributed by atoms with Crippen molar-refractivity contribution in [3.8, 4) is 0 Å². The fraction of sp³-hybridized carbons (Fsp3) is 0.929. The van der Waals surface area contributed by atoms with Gasteiger partial charge in [0.05, 0.1) is 6.04 Å². The van der Waals surface area contributed by atoms with Crippen molar-refractivity contribution in [2.75, 3.05) is 26.2 Å². The Labute approximate surface area is 115 Å². The predicted octanol–water partition coefficient (Wildman–Crippen LogP) is -0.239. The molecule has 19 heavy (non-hydrogen) atoms. The van der Waals surface area contributed by atoms with Crippen LogP contribution in [0.2, 0.25) is 0 Å². The summed E-state index contributed by atoms with van der Waals surface area (Å²) >= 11 is 0. The fourth-order valence-corrected chi connectivity index (χ4v) is 3.50. The molecule has 2 saturated heterocycles. The molecule has 5 nitrogen and oxygen atoms in total. The van der Waals surface area contributed by atoms with Gasteiger partial charge in [-0.05, 0) is 39.2 Å². The standard InChI is InChI=1S/C14H26N4O/c1-10-7-17-6-2-3-12(17)8-18(10)9-13(14(15)19)16-11-4-5-11/h10-13,16H,2-9H2,1H3,(H2,15,19). The first kappa shape index (κ1) is 13.3. The number of nitrogens with zero attached hydrogens (tertiary/aromatic N) is 2. The quantitative estimate of drug-likeness (QED) is 0.721. The van der Waals surface area contributed by atoms with Crippen LogP contribution in [0.25, 0.3) is 0 Å². The smallest absolute Gasteiger partial charge is 0.235 e. The van der Waals surface area contributed by atoms with E-state index in [2.05, 4.69) is 22.0 Å². The minimum Gasteiger partial charge on any atom is -0.368 e. The molecule has 1 aliphatic carbocycles. The third kappa shape index (κ3) is 3.09. The molecule has 3 fully saturated rings. The number of piperazine rings is 1. The molecule has 0 aromatic heterocycles. The molecule has 3 aliphatic rings. The van der Waals surface area contributed by atoms with E-state index in [0.717, 1.165) is 19.6 Å². The van der Waals surface area contributed by atoms with Gasteiger partial charge in [0.25, 0.3) is 0 Å². The highest BCUT2D eigenvalue weighted by atomic mass is 16.1. The molecular formula is C14H26N4O. The molecule has 1 amide bonds. The third-order valence-electron chi connectivity index (χ3n) is 4.84. The predicted molar refractivity (Wildman–Crippen MR) is 74.8 cm³/mol. The van der Waals surface area contributed by atoms with Gasteiger partial charge in [0.2, 0.25) is 5.91 Å². The van der Waals surface area contributed by atoms with Gasteiger partial charge in [0.15, 0.2) is 0 Å². The van der Waals surface area contributed by atoms with Crippen molar-refractivity contribution in [2.24, 2.45) is 5.73 Å². The summed E-state index contributed by atoms with van der Waals surface area (Å²) in [5.74, 6) is -0.201. The Kier molecular flexibility index (Phi) is 3.78. The molecule has 0 bridgehead atoms. The van der Waals surface area contributed by atoms with Crippen LogP contribution < -0.4 is 11.1 Å². The van der Waals surface area contributed by atoms with Gasteiger partial charge < -0.3 is 11.1 Å². The number of hydrogen-bond donors (Lipinski definition) is 2. The van der Waals surface area contributed by atoms with Crippen molar-refractivity contribution in [1.29, 1.82) is 0 Å². The van der Waals surface area contributed by atoms with Crippen LogP contribution in [0, 0.1) is 0 Å². The molecule has 3 rings (SSSR count). The number of rotatable bonds is 5. The normalized spacial score (nSPS) is 34.2. The molecule has 3 atom stereocenters. The Morgan fingerprint density at radius 2 is 2.16 bits per heavy atom. The maximum Gasteiger partial charge on any atom is 0.235 e. The van der Waals surface area contributed by atoms with E-state index in [1.807, 2.05) is 0 Å². The number of nitrogens with two attached hydrogens (primary N) is 1. The van der Waals surface area contributed by atoms with Gasteiger partial charge in [-0.3, -0.25) is 14.6 Å². The van der Waals surface area contributed by atoms with E-state index < -0.39 is 0 Å². The average molecular weight is 266 g/mol. The van der Waals surface area contributed by atoms with Crippen LogP contribution >= 0.6 is 0 Å². The number of amides is 1. The van der Waals surface area contributed by atoms with Crippen molar-refractivity contribution in [3.05, 3.63) is 0 Å². The molecule has 3 unspecified atom stereocenters. The summed E-state index contributed by atoms with van der Waals surface area (Å²) in [5, 5.41) is 3.39. The van der Waals surface area contributed by atoms with Gasteiger partial charge in [-0.2, -0.15) is 0 Å². The highest BCUT2D eigenvalue weighted by molar-refractivity contribution is 5.80. The largest absolute Gasteiger partial charge is 0.368 e.